The topological polar surface area (TPSA) is 82.2 Å². The number of carbonyl (C=O) groups excluding carboxylic acids is 1. The van der Waals surface area contributed by atoms with E-state index in [-0.39, 0.29) is 11.4 Å². The van der Waals surface area contributed by atoms with Crippen LogP contribution in [0.25, 0.3) is 5.69 Å². The van der Waals surface area contributed by atoms with Gasteiger partial charge in [0.2, 0.25) is 0 Å². The van der Waals surface area contributed by atoms with Crippen LogP contribution in [0.15, 0.2) is 47.3 Å². The molecule has 158 valence electrons. The van der Waals surface area contributed by atoms with Crippen molar-refractivity contribution in [2.24, 2.45) is 0 Å². The number of benzene rings is 2. The molecule has 0 bridgehead atoms. The number of aromatic nitrogens is 4. The van der Waals surface area contributed by atoms with Crippen LogP contribution in [0.2, 0.25) is 0 Å². The number of carbonyl (C=O) groups is 1. The average molecular weight is 413 g/mol. The molecule has 1 amide bonds. The number of halogens is 1. The first-order valence-corrected chi connectivity index (χ1v) is 9.81. The predicted octanol–water partition coefficient (Wildman–Crippen LogP) is 3.41. The van der Waals surface area contributed by atoms with E-state index in [1.165, 1.54) is 30.2 Å². The van der Waals surface area contributed by atoms with E-state index in [1.54, 1.807) is 0 Å². The molecule has 0 saturated heterocycles. The molecular formula is C21H24FN5O3. The van der Waals surface area contributed by atoms with Gasteiger partial charge in [-0.25, -0.2) is 14.0 Å². The van der Waals surface area contributed by atoms with Crippen molar-refractivity contribution in [1.82, 2.24) is 19.8 Å². The number of hydrogen-bond acceptors (Lipinski definition) is 5. The first kappa shape index (κ1) is 21.2. The number of nitrogens with zero attached hydrogens (tertiary/aromatic N) is 5. The van der Waals surface area contributed by atoms with Crippen molar-refractivity contribution in [3.05, 3.63) is 64.3 Å². The Morgan fingerprint density at radius 1 is 1.13 bits per heavy atom. The van der Waals surface area contributed by atoms with Gasteiger partial charge in [0.15, 0.2) is 5.82 Å². The molecule has 3 rings (SSSR count). The zero-order valence-electron chi connectivity index (χ0n) is 17.2. The van der Waals surface area contributed by atoms with Gasteiger partial charge in [-0.1, -0.05) is 37.6 Å². The van der Waals surface area contributed by atoms with Crippen LogP contribution < -0.4 is 15.3 Å². The van der Waals surface area contributed by atoms with Gasteiger partial charge in [0.05, 0.1) is 7.11 Å². The minimum Gasteiger partial charge on any atom is -0.494 e. The highest BCUT2D eigenvalue weighted by Gasteiger charge is 2.25. The summed E-state index contributed by atoms with van der Waals surface area (Å²) in [5.74, 6) is -0.609. The van der Waals surface area contributed by atoms with Gasteiger partial charge in [-0.15, -0.1) is 4.68 Å². The van der Waals surface area contributed by atoms with E-state index in [2.05, 4.69) is 17.4 Å². The number of hydrogen-bond donors (Lipinski definition) is 0. The third-order valence-electron chi connectivity index (χ3n) is 4.77. The maximum atomic E-state index is 14.4. The maximum Gasteiger partial charge on any atom is 0.377 e. The van der Waals surface area contributed by atoms with Gasteiger partial charge >= 0.3 is 11.7 Å². The van der Waals surface area contributed by atoms with Crippen molar-refractivity contribution in [2.75, 3.05) is 18.6 Å². The summed E-state index contributed by atoms with van der Waals surface area (Å²) in [7, 11) is 1.35. The summed E-state index contributed by atoms with van der Waals surface area (Å²) in [4.78, 5) is 27.5. The number of anilines is 1. The molecule has 0 atom stereocenters. The number of methoxy groups -OCH3 is 1. The third-order valence-corrected chi connectivity index (χ3v) is 4.77. The van der Waals surface area contributed by atoms with E-state index in [0.717, 1.165) is 29.5 Å². The molecule has 0 saturated carbocycles. The molecule has 0 aliphatic carbocycles. The third kappa shape index (κ3) is 3.96. The molecule has 0 spiro atoms. The van der Waals surface area contributed by atoms with Gasteiger partial charge in [0, 0.05) is 12.2 Å². The number of rotatable bonds is 7. The fourth-order valence-electron chi connectivity index (χ4n) is 3.25. The Hall–Kier alpha value is -3.49. The summed E-state index contributed by atoms with van der Waals surface area (Å²) >= 11 is 0. The first-order valence-electron chi connectivity index (χ1n) is 9.81. The zero-order valence-corrected chi connectivity index (χ0v) is 17.2. The molecular weight excluding hydrogens is 389 g/mol. The van der Waals surface area contributed by atoms with Gasteiger partial charge in [-0.2, -0.15) is 4.68 Å². The molecule has 8 nitrogen and oxygen atoms in total. The smallest absolute Gasteiger partial charge is 0.377 e. The Bertz CT molecular complexity index is 1090. The molecule has 3 aromatic rings. The lowest BCUT2D eigenvalue weighted by Crippen LogP contribution is -2.41. The predicted molar refractivity (Wildman–Crippen MR) is 111 cm³/mol. The minimum atomic E-state index is -0.882. The normalized spacial score (nSPS) is 10.8. The Balaban J connectivity index is 2.02. The van der Waals surface area contributed by atoms with Gasteiger partial charge in [-0.05, 0) is 54.0 Å². The van der Waals surface area contributed by atoms with Gasteiger partial charge in [0.1, 0.15) is 11.4 Å². The lowest BCUT2D eigenvalue weighted by atomic mass is 10.1. The molecule has 1 aromatic heterocycles. The van der Waals surface area contributed by atoms with E-state index in [9.17, 15) is 14.0 Å². The fourth-order valence-corrected chi connectivity index (χ4v) is 3.25. The summed E-state index contributed by atoms with van der Waals surface area (Å²) in [5.41, 5.74) is 0.637. The molecule has 1 heterocycles. The number of para-hydroxylation sites is 2. The summed E-state index contributed by atoms with van der Waals surface area (Å²) in [5, 5.41) is 7.41. The standard InChI is InChI=1S/C21H24FN5O3/c1-4-6-10-15-11-7-8-13-17(15)25(5-2)20(28)27-21(29)26(23-24-27)19-16(22)12-9-14-18(19)30-3/h7-9,11-14H,4-6,10H2,1-3H3. The Morgan fingerprint density at radius 3 is 2.60 bits per heavy atom. The molecule has 9 heteroatoms. The van der Waals surface area contributed by atoms with E-state index < -0.39 is 17.5 Å². The number of ether oxygens (including phenoxy) is 1. The lowest BCUT2D eigenvalue weighted by Gasteiger charge is -2.22. The van der Waals surface area contributed by atoms with Crippen LogP contribution in [0, 0.1) is 5.82 Å². The second-order valence-electron chi connectivity index (χ2n) is 6.63. The van der Waals surface area contributed by atoms with Crippen molar-refractivity contribution in [1.29, 1.82) is 0 Å². The molecule has 0 aliphatic rings. The van der Waals surface area contributed by atoms with Crippen LogP contribution in [0.5, 0.6) is 5.75 Å². The Morgan fingerprint density at radius 2 is 1.90 bits per heavy atom. The summed E-state index contributed by atoms with van der Waals surface area (Å²) in [6, 6.07) is 11.0. The van der Waals surface area contributed by atoms with Crippen LogP contribution in [0.3, 0.4) is 0 Å². The molecule has 2 aromatic carbocycles. The maximum absolute atomic E-state index is 14.4. The van der Waals surface area contributed by atoms with Crippen molar-refractivity contribution >= 4 is 11.7 Å². The van der Waals surface area contributed by atoms with Crippen LogP contribution in [-0.4, -0.2) is 39.5 Å². The van der Waals surface area contributed by atoms with Gasteiger partial charge in [-0.3, -0.25) is 4.90 Å². The van der Waals surface area contributed by atoms with Gasteiger partial charge in [0.25, 0.3) is 0 Å². The second-order valence-corrected chi connectivity index (χ2v) is 6.63. The minimum absolute atomic E-state index is 0.105. The van der Waals surface area contributed by atoms with Crippen LogP contribution in [-0.2, 0) is 6.42 Å². The Labute approximate surface area is 173 Å². The highest BCUT2D eigenvalue weighted by atomic mass is 19.1. The zero-order chi connectivity index (χ0) is 21.7. The van der Waals surface area contributed by atoms with E-state index in [4.69, 9.17) is 4.74 Å². The first-order chi connectivity index (χ1) is 14.5. The van der Waals surface area contributed by atoms with Crippen LogP contribution >= 0.6 is 0 Å². The molecule has 0 N–H and O–H groups in total. The number of unbranched alkanes of at least 4 members (excludes halogenated alkanes) is 1. The van der Waals surface area contributed by atoms with Crippen LogP contribution in [0.1, 0.15) is 32.3 Å². The van der Waals surface area contributed by atoms with Gasteiger partial charge < -0.3 is 4.74 Å². The summed E-state index contributed by atoms with van der Waals surface area (Å²) in [6.45, 7) is 4.23. The quantitative estimate of drug-likeness (QED) is 0.555. The van der Waals surface area contributed by atoms with E-state index in [0.29, 0.717) is 16.9 Å². The number of amides is 1. The highest BCUT2D eigenvalue weighted by Crippen LogP contribution is 2.24. The molecule has 30 heavy (non-hydrogen) atoms. The molecule has 0 unspecified atom stereocenters. The monoisotopic (exact) mass is 413 g/mol. The molecule has 0 aliphatic heterocycles. The number of tetrazole rings is 1. The number of aryl methyl sites for hydroxylation is 1. The SMILES string of the molecule is CCCCc1ccccc1N(CC)C(=O)n1nnn(-c2c(F)cccc2OC)c1=O. The van der Waals surface area contributed by atoms with Crippen LogP contribution in [0.4, 0.5) is 14.9 Å². The average Bonchev–Trinajstić information content (AvgIpc) is 3.14. The van der Waals surface area contributed by atoms with E-state index in [1.807, 2.05) is 31.2 Å². The second kappa shape index (κ2) is 9.34. The highest BCUT2D eigenvalue weighted by molar-refractivity contribution is 5.93. The van der Waals surface area contributed by atoms with Crippen molar-refractivity contribution in [3.8, 4) is 11.4 Å². The summed E-state index contributed by atoms with van der Waals surface area (Å²) in [6.07, 6.45) is 2.81. The van der Waals surface area contributed by atoms with Crippen molar-refractivity contribution in [2.45, 2.75) is 33.1 Å². The largest absolute Gasteiger partial charge is 0.494 e. The summed E-state index contributed by atoms with van der Waals surface area (Å²) < 4.78 is 20.8. The Kier molecular flexibility index (Phi) is 6.61. The van der Waals surface area contributed by atoms with Crippen molar-refractivity contribution < 1.29 is 13.9 Å². The van der Waals surface area contributed by atoms with Crippen molar-refractivity contribution in [3.63, 3.8) is 0 Å². The molecule has 0 radical (unpaired) electrons. The lowest BCUT2D eigenvalue weighted by molar-refractivity contribution is 0.244. The molecule has 0 fully saturated rings. The fraction of sp³-hybridized carbons (Fsp3) is 0.333. The van der Waals surface area contributed by atoms with E-state index >= 15 is 0 Å².